The number of alkyl halides is 20. The van der Waals surface area contributed by atoms with Crippen LogP contribution in [-0.4, -0.2) is 66.4 Å². The Hall–Kier alpha value is -2.19. The van der Waals surface area contributed by atoms with Gasteiger partial charge in [-0.1, -0.05) is 6.58 Å². The zero-order valence-electron chi connectivity index (χ0n) is 16.4. The lowest BCUT2D eigenvalue weighted by Crippen LogP contribution is -2.75. The second kappa shape index (κ2) is 9.93. The van der Waals surface area contributed by atoms with E-state index < -0.39 is 53.8 Å². The zero-order chi connectivity index (χ0) is 30.2. The third-order valence-electron chi connectivity index (χ3n) is 3.53. The van der Waals surface area contributed by atoms with Gasteiger partial charge in [-0.25, -0.2) is 4.79 Å². The maximum absolute atomic E-state index is 12.9. The van der Waals surface area contributed by atoms with Crippen molar-refractivity contribution in [2.45, 2.75) is 60.7 Å². The quantitative estimate of drug-likeness (QED) is 0.169. The number of carbonyl (C=O) groups excluding carboxylic acids is 1. The van der Waals surface area contributed by atoms with Crippen molar-refractivity contribution in [1.82, 2.24) is 0 Å². The van der Waals surface area contributed by atoms with Crippen LogP contribution in [-0.2, 0) is 9.53 Å². The first-order chi connectivity index (χ1) is 15.3. The average molecular weight is 588 g/mol. The third-order valence-corrected chi connectivity index (χ3v) is 3.53. The van der Waals surface area contributed by atoms with Crippen molar-refractivity contribution >= 4 is 5.97 Å². The lowest BCUT2D eigenvalue weighted by Gasteiger charge is -2.42. The summed E-state index contributed by atoms with van der Waals surface area (Å²) < 4.78 is 253. The van der Waals surface area contributed by atoms with Gasteiger partial charge in [-0.3, -0.25) is 0 Å². The van der Waals surface area contributed by atoms with Crippen molar-refractivity contribution in [1.29, 1.82) is 0 Å². The summed E-state index contributed by atoms with van der Waals surface area (Å²) in [5, 5.41) is 0. The Kier molecular flexibility index (Phi) is 9.93. The molecule has 0 N–H and O–H groups in total. The minimum absolute atomic E-state index is 0.359. The van der Waals surface area contributed by atoms with E-state index in [4.69, 9.17) is 0 Å². The van der Waals surface area contributed by atoms with Crippen LogP contribution in [0, 0.1) is 0 Å². The summed E-state index contributed by atoms with van der Waals surface area (Å²) in [5.41, 5.74) is 0. The molecular weight excluding hydrogens is 580 g/mol. The lowest BCUT2D eigenvalue weighted by molar-refractivity contribution is -0.474. The summed E-state index contributed by atoms with van der Waals surface area (Å²) >= 11 is 0. The molecule has 22 heteroatoms. The Bertz CT molecular complexity index is 722. The molecule has 0 spiro atoms. The van der Waals surface area contributed by atoms with Crippen LogP contribution in [0.25, 0.3) is 0 Å². The predicted octanol–water partition coefficient (Wildman–Crippen LogP) is 7.29. The highest BCUT2D eigenvalue weighted by atomic mass is 19.4. The van der Waals surface area contributed by atoms with Gasteiger partial charge in [-0.15, -0.1) is 0 Å². The second-order valence-electron chi connectivity index (χ2n) is 5.97. The van der Waals surface area contributed by atoms with Crippen molar-refractivity contribution in [3.05, 3.63) is 12.7 Å². The highest BCUT2D eigenvalue weighted by molar-refractivity contribution is 5.81. The van der Waals surface area contributed by atoms with Crippen LogP contribution in [0.5, 0.6) is 0 Å². The van der Waals surface area contributed by atoms with Crippen LogP contribution >= 0.6 is 0 Å². The Morgan fingerprint density at radius 2 is 0.722 bits per heavy atom. The largest absolute Gasteiger partial charge is 0.463 e. The Balaban J connectivity index is 0. The first-order valence-electron chi connectivity index (χ1n) is 7.88. The van der Waals surface area contributed by atoms with E-state index in [1.165, 1.54) is 0 Å². The van der Waals surface area contributed by atoms with Gasteiger partial charge in [-0.2, -0.15) is 87.8 Å². The monoisotopic (exact) mass is 588 g/mol. The topological polar surface area (TPSA) is 26.3 Å². The van der Waals surface area contributed by atoms with E-state index in [1.54, 1.807) is 6.92 Å². The smallest absolute Gasteiger partial charge is 0.460 e. The van der Waals surface area contributed by atoms with Gasteiger partial charge in [0.2, 0.25) is 0 Å². The Morgan fingerprint density at radius 1 is 0.528 bits per heavy atom. The Morgan fingerprint density at radius 3 is 0.833 bits per heavy atom. The molecule has 36 heavy (non-hydrogen) atoms. The first-order valence-corrected chi connectivity index (χ1v) is 7.88. The fourth-order valence-electron chi connectivity index (χ4n) is 1.54. The molecule has 0 saturated heterocycles. The van der Waals surface area contributed by atoms with Gasteiger partial charge >= 0.3 is 59.8 Å². The zero-order valence-corrected chi connectivity index (χ0v) is 16.4. The van der Waals surface area contributed by atoms with Gasteiger partial charge in [0.1, 0.15) is 0 Å². The van der Waals surface area contributed by atoms with Crippen molar-refractivity contribution in [2.24, 2.45) is 0 Å². The molecule has 0 heterocycles. The van der Waals surface area contributed by atoms with Gasteiger partial charge in [-0.05, 0) is 6.92 Å². The molecule has 0 radical (unpaired) electrons. The minimum Gasteiger partial charge on any atom is -0.463 e. The molecule has 0 atom stereocenters. The molecule has 0 aliphatic carbocycles. The molecule has 0 fully saturated rings. The van der Waals surface area contributed by atoms with Gasteiger partial charge in [0.05, 0.1) is 6.61 Å². The molecule has 0 aromatic rings. The van der Waals surface area contributed by atoms with Crippen LogP contribution in [0.1, 0.15) is 6.92 Å². The number of carbonyl (C=O) groups is 1. The van der Waals surface area contributed by atoms with Crippen LogP contribution < -0.4 is 0 Å². The molecular formula is C14H8F20O2. The summed E-state index contributed by atoms with van der Waals surface area (Å²) in [6, 6.07) is 0. The summed E-state index contributed by atoms with van der Waals surface area (Å²) in [4.78, 5) is 10.1. The molecule has 0 rings (SSSR count). The van der Waals surface area contributed by atoms with E-state index in [9.17, 15) is 92.6 Å². The van der Waals surface area contributed by atoms with Crippen molar-refractivity contribution in [3.8, 4) is 0 Å². The molecule has 0 aromatic heterocycles. The SMILES string of the molecule is C=CC(=O)OCC.FC(F)(F)C(F)(F)C(F)(F)C(F)(F)C(F)(F)C(F)(F)C(F)(F)C(F)(F)C(F)(F)F. The lowest BCUT2D eigenvalue weighted by atomic mass is 9.89. The highest BCUT2D eigenvalue weighted by Gasteiger charge is 2.97. The van der Waals surface area contributed by atoms with E-state index in [1.807, 2.05) is 0 Å². The van der Waals surface area contributed by atoms with E-state index in [-0.39, 0.29) is 5.97 Å². The number of hydrogen-bond acceptors (Lipinski definition) is 2. The average Bonchev–Trinajstić information content (AvgIpc) is 2.65. The molecule has 0 aliphatic rings. The third kappa shape index (κ3) is 5.40. The van der Waals surface area contributed by atoms with Crippen molar-refractivity contribution in [2.75, 3.05) is 6.61 Å². The van der Waals surface area contributed by atoms with Crippen molar-refractivity contribution in [3.63, 3.8) is 0 Å². The molecule has 0 bridgehead atoms. The van der Waals surface area contributed by atoms with Crippen LogP contribution in [0.4, 0.5) is 87.8 Å². The Labute approximate surface area is 184 Å². The van der Waals surface area contributed by atoms with Gasteiger partial charge in [0.25, 0.3) is 0 Å². The number of hydrogen-bond donors (Lipinski definition) is 0. The fourth-order valence-corrected chi connectivity index (χ4v) is 1.54. The maximum atomic E-state index is 12.9. The van der Waals surface area contributed by atoms with E-state index in [0.717, 1.165) is 6.08 Å². The first kappa shape index (κ1) is 36.0. The molecule has 0 aromatic carbocycles. The van der Waals surface area contributed by atoms with E-state index in [0.29, 0.717) is 6.61 Å². The summed E-state index contributed by atoms with van der Waals surface area (Å²) in [6.07, 6.45) is -14.7. The molecule has 0 amide bonds. The molecule has 0 unspecified atom stereocenters. The molecule has 0 saturated carbocycles. The number of esters is 1. The van der Waals surface area contributed by atoms with Crippen LogP contribution in [0.3, 0.4) is 0 Å². The normalized spacial score (nSPS) is 15.1. The highest BCUT2D eigenvalue weighted by Crippen LogP contribution is 2.65. The van der Waals surface area contributed by atoms with Crippen molar-refractivity contribution < 1.29 is 97.3 Å². The predicted molar refractivity (Wildman–Crippen MR) is 73.6 cm³/mol. The fraction of sp³-hybridized carbons (Fsp3) is 0.786. The maximum Gasteiger partial charge on any atom is 0.460 e. The van der Waals surface area contributed by atoms with Crippen LogP contribution in [0.15, 0.2) is 12.7 Å². The van der Waals surface area contributed by atoms with Gasteiger partial charge in [0, 0.05) is 6.08 Å². The number of rotatable bonds is 8. The number of halogens is 20. The second-order valence-corrected chi connectivity index (χ2v) is 5.97. The van der Waals surface area contributed by atoms with E-state index >= 15 is 0 Å². The molecule has 216 valence electrons. The van der Waals surface area contributed by atoms with E-state index in [2.05, 4.69) is 11.3 Å². The van der Waals surface area contributed by atoms with Crippen LogP contribution in [0.2, 0.25) is 0 Å². The minimum atomic E-state index is -9.02. The molecule has 0 aliphatic heterocycles. The summed E-state index contributed by atoms with van der Waals surface area (Å²) in [7, 11) is 0. The van der Waals surface area contributed by atoms with Gasteiger partial charge in [0.15, 0.2) is 0 Å². The van der Waals surface area contributed by atoms with Gasteiger partial charge < -0.3 is 4.74 Å². The molecule has 2 nitrogen and oxygen atoms in total. The summed E-state index contributed by atoms with van der Waals surface area (Å²) in [5.74, 6) is -61.5. The standard InChI is InChI=1S/C9F20.C5H8O2/c10-1(11,2(12,13)4(16,17)6(20,21)8(24,25)26)3(14,15)5(18,19)7(22,23)9(27,28)29;1-3-5(6)7-4-2/h;3H,1,4H2,2H3. The number of ether oxygens (including phenoxy) is 1. The summed E-state index contributed by atoms with van der Waals surface area (Å²) in [6.45, 7) is 5.38.